The summed E-state index contributed by atoms with van der Waals surface area (Å²) in [6.45, 7) is 4.17. The molecule has 0 aromatic carbocycles. The summed E-state index contributed by atoms with van der Waals surface area (Å²) in [5.74, 6) is -0.474. The minimum atomic E-state index is -0.808. The number of carbonyl (C=O) groups is 2. The molecular weight excluding hydrogens is 260 g/mol. The summed E-state index contributed by atoms with van der Waals surface area (Å²) in [5.41, 5.74) is 5.44. The topological polar surface area (TPSA) is 99.2 Å². The van der Waals surface area contributed by atoms with Crippen molar-refractivity contribution < 1.29 is 14.3 Å². The number of aromatic nitrogens is 2. The highest BCUT2D eigenvalue weighted by atomic mass is 16.5. The number of hydrogen-bond donors (Lipinski definition) is 2. The number of unbranched alkanes of at least 4 members (excludes halogenated alkanes) is 2. The predicted molar refractivity (Wildman–Crippen MR) is 74.7 cm³/mol. The lowest BCUT2D eigenvalue weighted by Crippen LogP contribution is -2.37. The maximum atomic E-state index is 11.7. The van der Waals surface area contributed by atoms with E-state index in [-0.39, 0.29) is 12.5 Å². The van der Waals surface area contributed by atoms with Crippen LogP contribution in [-0.4, -0.2) is 34.3 Å². The first-order valence-corrected chi connectivity index (χ1v) is 6.79. The number of rotatable bonds is 8. The summed E-state index contributed by atoms with van der Waals surface area (Å²) in [7, 11) is 0. The Morgan fingerprint density at radius 2 is 2.25 bits per heavy atom. The van der Waals surface area contributed by atoms with Crippen LogP contribution >= 0.6 is 0 Å². The molecule has 1 aromatic rings. The van der Waals surface area contributed by atoms with Crippen molar-refractivity contribution in [3.05, 3.63) is 12.3 Å². The molecule has 1 heterocycles. The number of ether oxygens (including phenoxy) is 1. The third-order valence-electron chi connectivity index (χ3n) is 2.71. The Morgan fingerprint density at radius 3 is 2.85 bits per heavy atom. The molecule has 0 saturated heterocycles. The molecule has 0 aliphatic rings. The quantitative estimate of drug-likeness (QED) is 0.540. The Labute approximate surface area is 118 Å². The molecule has 1 rings (SSSR count). The van der Waals surface area contributed by atoms with Crippen LogP contribution in [0.1, 0.15) is 33.1 Å². The second-order valence-corrected chi connectivity index (χ2v) is 4.57. The monoisotopic (exact) mass is 282 g/mol. The zero-order chi connectivity index (χ0) is 15.0. The van der Waals surface area contributed by atoms with Gasteiger partial charge < -0.3 is 15.8 Å². The molecule has 1 aromatic heterocycles. The van der Waals surface area contributed by atoms with Crippen molar-refractivity contribution in [2.45, 2.75) is 45.8 Å². The van der Waals surface area contributed by atoms with E-state index in [2.05, 4.69) is 17.3 Å². The van der Waals surface area contributed by atoms with Gasteiger partial charge in [0.05, 0.1) is 0 Å². The fourth-order valence-electron chi connectivity index (χ4n) is 1.62. The Hall–Kier alpha value is -2.05. The average molecular weight is 282 g/mol. The van der Waals surface area contributed by atoms with Gasteiger partial charge in [-0.15, -0.1) is 0 Å². The smallest absolute Gasteiger partial charge is 0.328 e. The van der Waals surface area contributed by atoms with Gasteiger partial charge in [-0.05, 0) is 19.4 Å². The van der Waals surface area contributed by atoms with Crippen LogP contribution in [0.15, 0.2) is 12.3 Å². The van der Waals surface area contributed by atoms with Crippen molar-refractivity contribution in [1.82, 2.24) is 15.1 Å². The Balaban J connectivity index is 2.28. The van der Waals surface area contributed by atoms with Gasteiger partial charge in [-0.2, -0.15) is 5.10 Å². The number of amides is 1. The number of esters is 1. The standard InChI is InChI=1S/C13H22N4O3/c1-3-4-5-7-15-13(19)10(2)20-12(18)9-17-8-6-11(14)16-17/h6,8,10H,3-5,7,9H2,1-2H3,(H2,14,16)(H,15,19). The van der Waals surface area contributed by atoms with Gasteiger partial charge in [-0.1, -0.05) is 19.8 Å². The number of nitrogens with one attached hydrogen (secondary N) is 1. The molecule has 0 aliphatic carbocycles. The van der Waals surface area contributed by atoms with Crippen molar-refractivity contribution in [3.8, 4) is 0 Å². The molecule has 7 heteroatoms. The lowest BCUT2D eigenvalue weighted by atomic mass is 10.2. The van der Waals surface area contributed by atoms with E-state index in [0.29, 0.717) is 12.4 Å². The van der Waals surface area contributed by atoms with Crippen molar-refractivity contribution in [2.75, 3.05) is 12.3 Å². The van der Waals surface area contributed by atoms with E-state index >= 15 is 0 Å². The van der Waals surface area contributed by atoms with Crippen molar-refractivity contribution in [2.24, 2.45) is 0 Å². The molecule has 0 fully saturated rings. The van der Waals surface area contributed by atoms with Gasteiger partial charge >= 0.3 is 5.97 Å². The lowest BCUT2D eigenvalue weighted by Gasteiger charge is -2.13. The SMILES string of the molecule is CCCCCNC(=O)C(C)OC(=O)Cn1ccc(N)n1. The average Bonchev–Trinajstić information content (AvgIpc) is 2.79. The van der Waals surface area contributed by atoms with Gasteiger partial charge in [0.25, 0.3) is 5.91 Å². The molecule has 7 nitrogen and oxygen atoms in total. The maximum Gasteiger partial charge on any atom is 0.328 e. The molecular formula is C13H22N4O3. The highest BCUT2D eigenvalue weighted by Gasteiger charge is 2.17. The third kappa shape index (κ3) is 5.73. The lowest BCUT2D eigenvalue weighted by molar-refractivity contribution is -0.155. The van der Waals surface area contributed by atoms with Gasteiger partial charge in [0.15, 0.2) is 6.10 Å². The molecule has 3 N–H and O–H groups in total. The van der Waals surface area contributed by atoms with Gasteiger partial charge in [0.2, 0.25) is 0 Å². The summed E-state index contributed by atoms with van der Waals surface area (Å²) in [6, 6.07) is 1.58. The van der Waals surface area contributed by atoms with E-state index in [9.17, 15) is 9.59 Å². The van der Waals surface area contributed by atoms with E-state index in [4.69, 9.17) is 10.5 Å². The summed E-state index contributed by atoms with van der Waals surface area (Å²) >= 11 is 0. The summed E-state index contributed by atoms with van der Waals surface area (Å²) in [6.07, 6.45) is 3.85. The first-order valence-electron chi connectivity index (χ1n) is 6.79. The summed E-state index contributed by atoms with van der Waals surface area (Å²) < 4.78 is 6.39. The van der Waals surface area contributed by atoms with Crippen LogP contribution in [0.4, 0.5) is 5.82 Å². The fraction of sp³-hybridized carbons (Fsp3) is 0.615. The molecule has 0 radical (unpaired) electrons. The van der Waals surface area contributed by atoms with Crippen LogP contribution in [0.2, 0.25) is 0 Å². The highest BCUT2D eigenvalue weighted by Crippen LogP contribution is 1.99. The minimum absolute atomic E-state index is 0.0648. The second kappa shape index (κ2) is 8.19. The highest BCUT2D eigenvalue weighted by molar-refractivity contribution is 5.83. The Morgan fingerprint density at radius 1 is 1.50 bits per heavy atom. The van der Waals surface area contributed by atoms with E-state index in [1.165, 1.54) is 4.68 Å². The molecule has 1 atom stereocenters. The van der Waals surface area contributed by atoms with Crippen LogP contribution in [0.3, 0.4) is 0 Å². The van der Waals surface area contributed by atoms with E-state index in [1.807, 2.05) is 0 Å². The van der Waals surface area contributed by atoms with E-state index < -0.39 is 12.1 Å². The molecule has 0 spiro atoms. The molecule has 0 aliphatic heterocycles. The predicted octanol–water partition coefficient (Wildman–Crippen LogP) is 0.703. The number of carbonyl (C=O) groups excluding carboxylic acids is 2. The normalized spacial score (nSPS) is 11.9. The number of anilines is 1. The van der Waals surface area contributed by atoms with Gasteiger partial charge in [0, 0.05) is 12.7 Å². The Kier molecular flexibility index (Phi) is 6.55. The minimum Gasteiger partial charge on any atom is -0.451 e. The van der Waals surface area contributed by atoms with E-state index in [1.54, 1.807) is 19.2 Å². The van der Waals surface area contributed by atoms with Gasteiger partial charge in [0.1, 0.15) is 12.4 Å². The van der Waals surface area contributed by atoms with Crippen molar-refractivity contribution in [3.63, 3.8) is 0 Å². The number of nitrogens with two attached hydrogens (primary N) is 1. The fourth-order valence-corrected chi connectivity index (χ4v) is 1.62. The first kappa shape index (κ1) is 16.0. The van der Waals surface area contributed by atoms with Crippen molar-refractivity contribution >= 4 is 17.7 Å². The van der Waals surface area contributed by atoms with Crippen LogP contribution < -0.4 is 11.1 Å². The largest absolute Gasteiger partial charge is 0.451 e. The first-order chi connectivity index (χ1) is 9.52. The van der Waals surface area contributed by atoms with Crippen molar-refractivity contribution in [1.29, 1.82) is 0 Å². The molecule has 1 unspecified atom stereocenters. The number of nitrogen functional groups attached to an aromatic ring is 1. The summed E-state index contributed by atoms with van der Waals surface area (Å²) in [4.78, 5) is 23.3. The number of nitrogens with zero attached hydrogens (tertiary/aromatic N) is 2. The maximum absolute atomic E-state index is 11.7. The molecule has 0 bridgehead atoms. The molecule has 20 heavy (non-hydrogen) atoms. The van der Waals surface area contributed by atoms with Crippen LogP contribution in [0.25, 0.3) is 0 Å². The van der Waals surface area contributed by atoms with Gasteiger partial charge in [-0.25, -0.2) is 0 Å². The third-order valence-corrected chi connectivity index (χ3v) is 2.71. The van der Waals surface area contributed by atoms with E-state index in [0.717, 1.165) is 19.3 Å². The van der Waals surface area contributed by atoms with Gasteiger partial charge in [-0.3, -0.25) is 14.3 Å². The van der Waals surface area contributed by atoms with Crippen LogP contribution in [-0.2, 0) is 20.9 Å². The number of hydrogen-bond acceptors (Lipinski definition) is 5. The van der Waals surface area contributed by atoms with Crippen LogP contribution in [0.5, 0.6) is 0 Å². The molecule has 112 valence electrons. The van der Waals surface area contributed by atoms with Crippen LogP contribution in [0, 0.1) is 0 Å². The second-order valence-electron chi connectivity index (χ2n) is 4.57. The molecule has 0 saturated carbocycles. The zero-order valence-corrected chi connectivity index (χ0v) is 12.0. The Bertz CT molecular complexity index is 445. The summed E-state index contributed by atoms with van der Waals surface area (Å²) in [5, 5.41) is 6.60. The zero-order valence-electron chi connectivity index (χ0n) is 12.0. The molecule has 1 amide bonds.